The van der Waals surface area contributed by atoms with Crippen molar-refractivity contribution in [3.8, 4) is 0 Å². The molecule has 0 aromatic heterocycles. The second-order valence-corrected chi connectivity index (χ2v) is 4.49. The number of hydrogen-bond donors (Lipinski definition) is 2. The highest BCUT2D eigenvalue weighted by molar-refractivity contribution is 5.84. The summed E-state index contributed by atoms with van der Waals surface area (Å²) in [4.78, 5) is 21.9. The average molecular weight is 233 g/mol. The molecule has 0 spiro atoms. The number of aliphatic carboxylic acids is 1. The maximum Gasteiger partial charge on any atom is 0.314 e. The molecule has 1 aromatic rings. The molecule has 0 atom stereocenters. The van der Waals surface area contributed by atoms with E-state index in [0.717, 1.165) is 11.1 Å². The summed E-state index contributed by atoms with van der Waals surface area (Å²) in [5.41, 5.74) is 1.19. The standard InChI is InChI=1S/C13H15NO3/c1-9(15)14-8-10-2-4-11(5-3-10)13(6-7-13)12(16)17/h2-5H,6-8H2,1H3,(H,14,15)(H,16,17). The van der Waals surface area contributed by atoms with Crippen LogP contribution in [0.25, 0.3) is 0 Å². The molecule has 0 saturated heterocycles. The molecule has 4 nitrogen and oxygen atoms in total. The van der Waals surface area contributed by atoms with Crippen molar-refractivity contribution in [2.24, 2.45) is 0 Å². The van der Waals surface area contributed by atoms with Gasteiger partial charge in [-0.15, -0.1) is 0 Å². The van der Waals surface area contributed by atoms with Crippen LogP contribution in [0.1, 0.15) is 30.9 Å². The zero-order valence-electron chi connectivity index (χ0n) is 9.69. The van der Waals surface area contributed by atoms with Crippen LogP contribution in [0.15, 0.2) is 24.3 Å². The first kappa shape index (κ1) is 11.6. The number of rotatable bonds is 4. The summed E-state index contributed by atoms with van der Waals surface area (Å²) in [6.45, 7) is 1.95. The van der Waals surface area contributed by atoms with Gasteiger partial charge in [-0.3, -0.25) is 9.59 Å². The number of carboxylic acid groups (broad SMARTS) is 1. The highest BCUT2D eigenvalue weighted by atomic mass is 16.4. The molecule has 0 unspecified atom stereocenters. The van der Waals surface area contributed by atoms with Gasteiger partial charge in [0.25, 0.3) is 0 Å². The molecule has 1 amide bonds. The monoisotopic (exact) mass is 233 g/mol. The van der Waals surface area contributed by atoms with Crippen LogP contribution in [0.2, 0.25) is 0 Å². The van der Waals surface area contributed by atoms with Gasteiger partial charge in [0, 0.05) is 13.5 Å². The summed E-state index contributed by atoms with van der Waals surface area (Å²) in [6, 6.07) is 7.43. The van der Waals surface area contributed by atoms with Crippen LogP contribution in [-0.2, 0) is 21.5 Å². The van der Waals surface area contributed by atoms with Gasteiger partial charge >= 0.3 is 5.97 Å². The Labute approximate surface area is 99.6 Å². The summed E-state index contributed by atoms with van der Waals surface area (Å²) in [7, 11) is 0. The maximum absolute atomic E-state index is 11.1. The van der Waals surface area contributed by atoms with E-state index >= 15 is 0 Å². The van der Waals surface area contributed by atoms with Crippen molar-refractivity contribution in [2.45, 2.75) is 31.7 Å². The summed E-state index contributed by atoms with van der Waals surface area (Å²) < 4.78 is 0. The van der Waals surface area contributed by atoms with Crippen molar-refractivity contribution < 1.29 is 14.7 Å². The van der Waals surface area contributed by atoms with E-state index in [9.17, 15) is 9.59 Å². The van der Waals surface area contributed by atoms with Gasteiger partial charge in [-0.25, -0.2) is 0 Å². The molecule has 1 aromatic carbocycles. The Bertz CT molecular complexity index is 446. The Morgan fingerprint density at radius 2 is 1.88 bits per heavy atom. The van der Waals surface area contributed by atoms with Gasteiger partial charge in [0.1, 0.15) is 0 Å². The summed E-state index contributed by atoms with van der Waals surface area (Å²) in [5.74, 6) is -0.814. The summed E-state index contributed by atoms with van der Waals surface area (Å²) >= 11 is 0. The second kappa shape index (κ2) is 4.20. The van der Waals surface area contributed by atoms with Crippen molar-refractivity contribution in [1.82, 2.24) is 5.32 Å². The van der Waals surface area contributed by atoms with Crippen molar-refractivity contribution >= 4 is 11.9 Å². The highest BCUT2D eigenvalue weighted by Gasteiger charge is 2.51. The number of carbonyl (C=O) groups excluding carboxylic acids is 1. The predicted octanol–water partition coefficient (Wildman–Crippen LogP) is 1.44. The van der Waals surface area contributed by atoms with E-state index in [4.69, 9.17) is 5.11 Å². The molecule has 4 heteroatoms. The number of nitrogens with one attached hydrogen (secondary N) is 1. The lowest BCUT2D eigenvalue weighted by Gasteiger charge is -2.10. The fourth-order valence-corrected chi connectivity index (χ4v) is 1.92. The van der Waals surface area contributed by atoms with Crippen LogP contribution >= 0.6 is 0 Å². The molecule has 0 aliphatic heterocycles. The molecule has 1 aliphatic rings. The predicted molar refractivity (Wildman–Crippen MR) is 62.5 cm³/mol. The molecule has 0 heterocycles. The Morgan fingerprint density at radius 1 is 1.29 bits per heavy atom. The molecular weight excluding hydrogens is 218 g/mol. The Morgan fingerprint density at radius 3 is 2.29 bits per heavy atom. The quantitative estimate of drug-likeness (QED) is 0.827. The van der Waals surface area contributed by atoms with Crippen molar-refractivity contribution in [1.29, 1.82) is 0 Å². The SMILES string of the molecule is CC(=O)NCc1ccc(C2(C(=O)O)CC2)cc1. The van der Waals surface area contributed by atoms with Gasteiger partial charge < -0.3 is 10.4 Å². The van der Waals surface area contributed by atoms with E-state index in [1.807, 2.05) is 24.3 Å². The zero-order valence-corrected chi connectivity index (χ0v) is 9.69. The summed E-state index contributed by atoms with van der Waals surface area (Å²) in [6.07, 6.45) is 1.43. The first-order valence-electron chi connectivity index (χ1n) is 5.62. The van der Waals surface area contributed by atoms with Crippen LogP contribution in [0.4, 0.5) is 0 Å². The van der Waals surface area contributed by atoms with Gasteiger partial charge in [0.2, 0.25) is 5.91 Å². The van der Waals surface area contributed by atoms with E-state index in [0.29, 0.717) is 19.4 Å². The number of carbonyl (C=O) groups is 2. The van der Waals surface area contributed by atoms with E-state index in [1.165, 1.54) is 6.92 Å². The molecule has 2 rings (SSSR count). The van der Waals surface area contributed by atoms with Crippen LogP contribution in [-0.4, -0.2) is 17.0 Å². The minimum Gasteiger partial charge on any atom is -0.481 e. The van der Waals surface area contributed by atoms with Gasteiger partial charge in [0.05, 0.1) is 5.41 Å². The molecular formula is C13H15NO3. The average Bonchev–Trinajstić information content (AvgIpc) is 3.08. The lowest BCUT2D eigenvalue weighted by atomic mass is 9.95. The highest BCUT2D eigenvalue weighted by Crippen LogP contribution is 2.48. The van der Waals surface area contributed by atoms with Crippen molar-refractivity contribution in [2.75, 3.05) is 0 Å². The van der Waals surface area contributed by atoms with Crippen LogP contribution < -0.4 is 5.32 Å². The molecule has 90 valence electrons. The van der Waals surface area contributed by atoms with Gasteiger partial charge in [-0.2, -0.15) is 0 Å². The molecule has 17 heavy (non-hydrogen) atoms. The molecule has 0 radical (unpaired) electrons. The van der Waals surface area contributed by atoms with Gasteiger partial charge in [-0.05, 0) is 24.0 Å². The fourth-order valence-electron chi connectivity index (χ4n) is 1.92. The Kier molecular flexibility index (Phi) is 2.88. The number of benzene rings is 1. The Balaban J connectivity index is 2.08. The minimum atomic E-state index is -0.743. The van der Waals surface area contributed by atoms with Gasteiger partial charge in [0.15, 0.2) is 0 Å². The van der Waals surface area contributed by atoms with E-state index < -0.39 is 11.4 Å². The van der Waals surface area contributed by atoms with Crippen molar-refractivity contribution in [3.63, 3.8) is 0 Å². The van der Waals surface area contributed by atoms with Crippen LogP contribution in [0.3, 0.4) is 0 Å². The molecule has 1 saturated carbocycles. The first-order chi connectivity index (χ1) is 8.04. The third-order valence-electron chi connectivity index (χ3n) is 3.21. The number of amides is 1. The largest absolute Gasteiger partial charge is 0.481 e. The lowest BCUT2D eigenvalue weighted by molar-refractivity contribution is -0.140. The van der Waals surface area contributed by atoms with E-state index in [1.54, 1.807) is 0 Å². The fraction of sp³-hybridized carbons (Fsp3) is 0.385. The van der Waals surface area contributed by atoms with Gasteiger partial charge in [-0.1, -0.05) is 24.3 Å². The third-order valence-corrected chi connectivity index (χ3v) is 3.21. The summed E-state index contributed by atoms with van der Waals surface area (Å²) in [5, 5.41) is 11.8. The van der Waals surface area contributed by atoms with E-state index in [2.05, 4.69) is 5.32 Å². The second-order valence-electron chi connectivity index (χ2n) is 4.49. The van der Waals surface area contributed by atoms with Crippen LogP contribution in [0, 0.1) is 0 Å². The number of carboxylic acids is 1. The third kappa shape index (κ3) is 2.30. The molecule has 0 bridgehead atoms. The molecule has 2 N–H and O–H groups in total. The van der Waals surface area contributed by atoms with Crippen molar-refractivity contribution in [3.05, 3.63) is 35.4 Å². The van der Waals surface area contributed by atoms with Crippen LogP contribution in [0.5, 0.6) is 0 Å². The first-order valence-corrected chi connectivity index (χ1v) is 5.62. The number of hydrogen-bond acceptors (Lipinski definition) is 2. The smallest absolute Gasteiger partial charge is 0.314 e. The maximum atomic E-state index is 11.1. The molecule has 1 fully saturated rings. The lowest BCUT2D eigenvalue weighted by Crippen LogP contribution is -2.20. The minimum absolute atomic E-state index is 0.0710. The normalized spacial score (nSPS) is 16.3. The Hall–Kier alpha value is -1.84. The van der Waals surface area contributed by atoms with E-state index in [-0.39, 0.29) is 5.91 Å². The topological polar surface area (TPSA) is 66.4 Å². The molecule has 1 aliphatic carbocycles. The zero-order chi connectivity index (χ0) is 12.5.